The van der Waals surface area contributed by atoms with Crippen molar-refractivity contribution >= 4 is 22.6 Å². The third-order valence-electron chi connectivity index (χ3n) is 5.22. The highest BCUT2D eigenvalue weighted by atomic mass is 16.5. The summed E-state index contributed by atoms with van der Waals surface area (Å²) in [5.41, 5.74) is 0.0728. The molecule has 1 amide bonds. The second-order valence-electron chi connectivity index (χ2n) is 6.97. The fraction of sp³-hybridized carbons (Fsp3) is 0.429. The zero-order valence-corrected chi connectivity index (χ0v) is 15.3. The highest BCUT2D eigenvalue weighted by Gasteiger charge is 2.28. The van der Waals surface area contributed by atoms with Gasteiger partial charge in [0, 0.05) is 18.5 Å². The first-order valence-electron chi connectivity index (χ1n) is 9.17. The predicted octanol–water partition coefficient (Wildman–Crippen LogP) is 3.88. The normalized spacial score (nSPS) is 16.2. The third-order valence-corrected chi connectivity index (χ3v) is 5.22. The van der Waals surface area contributed by atoms with Gasteiger partial charge in [0.15, 0.2) is 6.10 Å². The molecular formula is C21H25NO4. The largest absolute Gasteiger partial charge is 0.506 e. The molecule has 0 spiro atoms. The van der Waals surface area contributed by atoms with E-state index in [9.17, 15) is 14.7 Å². The number of likely N-dealkylation sites (N-methyl/N-ethyl adjacent to an activating group) is 1. The molecule has 3 rings (SSSR count). The summed E-state index contributed by atoms with van der Waals surface area (Å²) in [7, 11) is 1.77. The molecule has 138 valence electrons. The number of fused-ring (bicyclic) bond motifs is 1. The SMILES string of the molecule is C[C@H](OC(=O)c1ccc2ccccc2c1O)C(=O)N(C)C1CCCCC1. The van der Waals surface area contributed by atoms with Gasteiger partial charge in [0.2, 0.25) is 0 Å². The Hall–Kier alpha value is -2.56. The molecule has 1 fully saturated rings. The molecule has 5 heteroatoms. The summed E-state index contributed by atoms with van der Waals surface area (Å²) in [6, 6.07) is 10.8. The lowest BCUT2D eigenvalue weighted by atomic mass is 9.94. The molecule has 2 aromatic carbocycles. The summed E-state index contributed by atoms with van der Waals surface area (Å²) in [5, 5.41) is 11.8. The first kappa shape index (κ1) is 18.2. The van der Waals surface area contributed by atoms with E-state index in [1.165, 1.54) is 12.5 Å². The minimum Gasteiger partial charge on any atom is -0.506 e. The van der Waals surface area contributed by atoms with E-state index >= 15 is 0 Å². The molecule has 0 saturated heterocycles. The quantitative estimate of drug-likeness (QED) is 0.845. The topological polar surface area (TPSA) is 66.8 Å². The summed E-state index contributed by atoms with van der Waals surface area (Å²) in [4.78, 5) is 26.8. The average molecular weight is 355 g/mol. The molecule has 1 saturated carbocycles. The number of carbonyl (C=O) groups is 2. The Labute approximate surface area is 153 Å². The summed E-state index contributed by atoms with van der Waals surface area (Å²) < 4.78 is 5.35. The Bertz CT molecular complexity index is 811. The van der Waals surface area contributed by atoms with E-state index in [4.69, 9.17) is 4.74 Å². The molecule has 0 aliphatic heterocycles. The van der Waals surface area contributed by atoms with E-state index in [0.717, 1.165) is 31.1 Å². The molecule has 2 aromatic rings. The standard InChI is InChI=1S/C21H25NO4/c1-14(20(24)22(2)16-9-4-3-5-10-16)26-21(25)18-13-12-15-8-6-7-11-17(15)19(18)23/h6-8,11-14,16,23H,3-5,9-10H2,1-2H3/t14-/m0/s1. The number of hydrogen-bond donors (Lipinski definition) is 1. The molecule has 1 N–H and O–H groups in total. The number of hydrogen-bond acceptors (Lipinski definition) is 4. The van der Waals surface area contributed by atoms with Crippen LogP contribution in [0.1, 0.15) is 49.4 Å². The molecule has 0 radical (unpaired) electrons. The predicted molar refractivity (Wildman–Crippen MR) is 100 cm³/mol. The number of phenolic OH excluding ortho intramolecular Hbond substituents is 1. The molecule has 0 unspecified atom stereocenters. The first-order valence-corrected chi connectivity index (χ1v) is 9.17. The van der Waals surface area contributed by atoms with Crippen LogP contribution in [-0.2, 0) is 9.53 Å². The molecule has 5 nitrogen and oxygen atoms in total. The van der Waals surface area contributed by atoms with E-state index in [1.54, 1.807) is 37.1 Å². The van der Waals surface area contributed by atoms with Crippen molar-refractivity contribution < 1.29 is 19.4 Å². The summed E-state index contributed by atoms with van der Waals surface area (Å²) in [5.74, 6) is -1.01. The number of aromatic hydroxyl groups is 1. The lowest BCUT2D eigenvalue weighted by molar-refractivity contribution is -0.141. The number of ether oxygens (including phenoxy) is 1. The minimum absolute atomic E-state index is 0.0728. The van der Waals surface area contributed by atoms with Crippen LogP contribution in [0.2, 0.25) is 0 Å². The van der Waals surface area contributed by atoms with E-state index in [2.05, 4.69) is 0 Å². The Balaban J connectivity index is 1.70. The van der Waals surface area contributed by atoms with Gasteiger partial charge in [0.25, 0.3) is 5.91 Å². The van der Waals surface area contributed by atoms with Crippen molar-refractivity contribution in [2.45, 2.75) is 51.2 Å². The van der Waals surface area contributed by atoms with Gasteiger partial charge >= 0.3 is 5.97 Å². The fourth-order valence-electron chi connectivity index (χ4n) is 3.63. The van der Waals surface area contributed by atoms with Gasteiger partial charge in [-0.25, -0.2) is 4.79 Å². The number of esters is 1. The van der Waals surface area contributed by atoms with Crippen molar-refractivity contribution in [2.75, 3.05) is 7.05 Å². The Morgan fingerprint density at radius 2 is 1.81 bits per heavy atom. The lowest BCUT2D eigenvalue weighted by Gasteiger charge is -2.32. The van der Waals surface area contributed by atoms with Crippen LogP contribution in [-0.4, -0.2) is 41.1 Å². The van der Waals surface area contributed by atoms with Crippen molar-refractivity contribution in [3.63, 3.8) is 0 Å². The second-order valence-corrected chi connectivity index (χ2v) is 6.97. The van der Waals surface area contributed by atoms with Crippen LogP contribution < -0.4 is 0 Å². The Morgan fingerprint density at radius 3 is 2.54 bits per heavy atom. The van der Waals surface area contributed by atoms with Gasteiger partial charge in [-0.2, -0.15) is 0 Å². The maximum Gasteiger partial charge on any atom is 0.342 e. The molecule has 0 aromatic heterocycles. The number of carbonyl (C=O) groups excluding carboxylic acids is 2. The maximum atomic E-state index is 12.6. The van der Waals surface area contributed by atoms with Crippen LogP contribution in [0.25, 0.3) is 10.8 Å². The van der Waals surface area contributed by atoms with Gasteiger partial charge < -0.3 is 14.7 Å². The first-order chi connectivity index (χ1) is 12.5. The van der Waals surface area contributed by atoms with Crippen LogP contribution in [0.15, 0.2) is 36.4 Å². The lowest BCUT2D eigenvalue weighted by Crippen LogP contribution is -2.44. The average Bonchev–Trinajstić information content (AvgIpc) is 2.67. The van der Waals surface area contributed by atoms with E-state index in [0.29, 0.717) is 5.39 Å². The highest BCUT2D eigenvalue weighted by Crippen LogP contribution is 2.29. The van der Waals surface area contributed by atoms with Crippen LogP contribution in [0.5, 0.6) is 5.75 Å². The molecule has 0 heterocycles. The third kappa shape index (κ3) is 3.66. The number of nitrogens with zero attached hydrogens (tertiary/aromatic N) is 1. The summed E-state index contributed by atoms with van der Waals surface area (Å²) >= 11 is 0. The van der Waals surface area contributed by atoms with Gasteiger partial charge in [0.1, 0.15) is 11.3 Å². The van der Waals surface area contributed by atoms with Crippen molar-refractivity contribution in [2.24, 2.45) is 0 Å². The number of amides is 1. The van der Waals surface area contributed by atoms with Crippen molar-refractivity contribution in [3.8, 4) is 5.75 Å². The van der Waals surface area contributed by atoms with E-state index in [1.807, 2.05) is 12.1 Å². The maximum absolute atomic E-state index is 12.6. The van der Waals surface area contributed by atoms with Crippen LogP contribution in [0.3, 0.4) is 0 Å². The number of rotatable bonds is 4. The van der Waals surface area contributed by atoms with Crippen molar-refractivity contribution in [1.29, 1.82) is 0 Å². The molecular weight excluding hydrogens is 330 g/mol. The van der Waals surface area contributed by atoms with Gasteiger partial charge in [-0.3, -0.25) is 4.79 Å². The Morgan fingerprint density at radius 1 is 1.12 bits per heavy atom. The van der Waals surface area contributed by atoms with Gasteiger partial charge in [-0.15, -0.1) is 0 Å². The minimum atomic E-state index is -0.889. The Kier molecular flexibility index (Phi) is 5.45. The van der Waals surface area contributed by atoms with Gasteiger partial charge in [-0.1, -0.05) is 49.6 Å². The molecule has 1 aliphatic carbocycles. The zero-order chi connectivity index (χ0) is 18.7. The molecule has 26 heavy (non-hydrogen) atoms. The van der Waals surface area contributed by atoms with Crippen LogP contribution >= 0.6 is 0 Å². The smallest absolute Gasteiger partial charge is 0.342 e. The van der Waals surface area contributed by atoms with Crippen LogP contribution in [0, 0.1) is 0 Å². The summed E-state index contributed by atoms with van der Waals surface area (Å²) in [6.07, 6.45) is 4.57. The fourth-order valence-corrected chi connectivity index (χ4v) is 3.63. The van der Waals surface area contributed by atoms with Crippen LogP contribution in [0.4, 0.5) is 0 Å². The second kappa shape index (κ2) is 7.77. The monoisotopic (exact) mass is 355 g/mol. The number of phenols is 1. The van der Waals surface area contributed by atoms with Crippen molar-refractivity contribution in [3.05, 3.63) is 42.0 Å². The van der Waals surface area contributed by atoms with Crippen molar-refractivity contribution in [1.82, 2.24) is 4.90 Å². The van der Waals surface area contributed by atoms with Gasteiger partial charge in [-0.05, 0) is 31.2 Å². The van der Waals surface area contributed by atoms with E-state index in [-0.39, 0.29) is 23.3 Å². The van der Waals surface area contributed by atoms with Gasteiger partial charge in [0.05, 0.1) is 0 Å². The zero-order valence-electron chi connectivity index (χ0n) is 15.3. The number of benzene rings is 2. The molecule has 0 bridgehead atoms. The molecule has 1 aliphatic rings. The highest BCUT2D eigenvalue weighted by molar-refractivity contribution is 6.01. The summed E-state index contributed by atoms with van der Waals surface area (Å²) in [6.45, 7) is 1.58. The van der Waals surface area contributed by atoms with E-state index < -0.39 is 12.1 Å². The molecule has 1 atom stereocenters.